The minimum atomic E-state index is -0.912. The van der Waals surface area contributed by atoms with Crippen molar-refractivity contribution in [3.63, 3.8) is 0 Å². The average molecular weight is 412 g/mol. The predicted octanol–water partition coefficient (Wildman–Crippen LogP) is 1.65. The van der Waals surface area contributed by atoms with Crippen molar-refractivity contribution in [2.75, 3.05) is 8.86 Å². The van der Waals surface area contributed by atoms with Gasteiger partial charge in [-0.2, -0.15) is 0 Å². The molecule has 0 spiro atoms. The summed E-state index contributed by atoms with van der Waals surface area (Å²) in [6.45, 7) is 0. The zero-order valence-corrected chi connectivity index (χ0v) is 11.1. The van der Waals surface area contributed by atoms with Crippen LogP contribution >= 0.6 is 45.2 Å². The molecule has 2 unspecified atom stereocenters. The molecule has 0 aliphatic rings. The van der Waals surface area contributed by atoms with E-state index >= 15 is 0 Å². The Kier molecular flexibility index (Phi) is 7.00. The number of alkyl halides is 2. The number of rotatable bonds is 6. The second-order valence-corrected chi connectivity index (χ2v) is 4.38. The van der Waals surface area contributed by atoms with Crippen LogP contribution in [0.5, 0.6) is 0 Å². The first-order chi connectivity index (χ1) is 6.02. The van der Waals surface area contributed by atoms with E-state index in [1.807, 2.05) is 45.2 Å². The summed E-state index contributed by atoms with van der Waals surface area (Å²) < 4.78 is 0.904. The van der Waals surface area contributed by atoms with E-state index in [1.54, 1.807) is 0 Å². The first-order valence-corrected chi connectivity index (χ1v) is 6.65. The molecule has 2 atom stereocenters. The molecule has 0 saturated heterocycles. The maximum Gasteiger partial charge on any atom is 0.307 e. The van der Waals surface area contributed by atoms with Gasteiger partial charge < -0.3 is 10.2 Å². The van der Waals surface area contributed by atoms with E-state index in [0.29, 0.717) is 8.86 Å². The van der Waals surface area contributed by atoms with E-state index in [0.717, 1.165) is 0 Å². The van der Waals surface area contributed by atoms with E-state index < -0.39 is 23.8 Å². The second kappa shape index (κ2) is 6.80. The lowest BCUT2D eigenvalue weighted by molar-refractivity contribution is -0.144. The number of hydrogen-bond acceptors (Lipinski definition) is 2. The van der Waals surface area contributed by atoms with Gasteiger partial charge in [0.25, 0.3) is 0 Å². The van der Waals surface area contributed by atoms with Crippen LogP contribution in [0.4, 0.5) is 0 Å². The van der Waals surface area contributed by atoms with Crippen molar-refractivity contribution in [3.05, 3.63) is 0 Å². The van der Waals surface area contributed by atoms with Gasteiger partial charge >= 0.3 is 11.9 Å². The maximum atomic E-state index is 10.6. The Morgan fingerprint density at radius 3 is 1.46 bits per heavy atom. The van der Waals surface area contributed by atoms with Crippen LogP contribution in [-0.4, -0.2) is 31.0 Å². The topological polar surface area (TPSA) is 74.6 Å². The van der Waals surface area contributed by atoms with Crippen molar-refractivity contribution < 1.29 is 19.8 Å². The number of halogens is 2. The Hall–Kier alpha value is 0.400. The normalized spacial score (nSPS) is 14.9. The average Bonchev–Trinajstić information content (AvgIpc) is 2.05. The Morgan fingerprint density at radius 1 is 1.00 bits per heavy atom. The van der Waals surface area contributed by atoms with Crippen LogP contribution in [0.3, 0.4) is 0 Å². The molecule has 0 aromatic carbocycles. The van der Waals surface area contributed by atoms with Crippen molar-refractivity contribution >= 4 is 57.1 Å². The SMILES string of the molecule is O=C(O)C(CI)CC(CI)C(=O)O. The van der Waals surface area contributed by atoms with Gasteiger partial charge in [-0.1, -0.05) is 45.2 Å². The van der Waals surface area contributed by atoms with Crippen LogP contribution < -0.4 is 0 Å². The monoisotopic (exact) mass is 412 g/mol. The van der Waals surface area contributed by atoms with Gasteiger partial charge in [-0.3, -0.25) is 9.59 Å². The molecule has 6 heteroatoms. The van der Waals surface area contributed by atoms with Gasteiger partial charge in [0.2, 0.25) is 0 Å². The molecule has 0 heterocycles. The second-order valence-electron chi connectivity index (χ2n) is 2.61. The molecule has 13 heavy (non-hydrogen) atoms. The Morgan fingerprint density at radius 2 is 1.31 bits per heavy atom. The fourth-order valence-electron chi connectivity index (χ4n) is 0.803. The van der Waals surface area contributed by atoms with Crippen molar-refractivity contribution in [2.24, 2.45) is 11.8 Å². The van der Waals surface area contributed by atoms with Crippen LogP contribution in [0.25, 0.3) is 0 Å². The fraction of sp³-hybridized carbons (Fsp3) is 0.714. The van der Waals surface area contributed by atoms with Gasteiger partial charge in [-0.15, -0.1) is 0 Å². The number of hydrogen-bond donors (Lipinski definition) is 2. The number of carbonyl (C=O) groups is 2. The van der Waals surface area contributed by atoms with Crippen molar-refractivity contribution in [2.45, 2.75) is 6.42 Å². The molecule has 0 aliphatic heterocycles. The molecule has 0 amide bonds. The van der Waals surface area contributed by atoms with Crippen LogP contribution in [0.15, 0.2) is 0 Å². The molecule has 0 rings (SSSR count). The largest absolute Gasteiger partial charge is 0.481 e. The lowest BCUT2D eigenvalue weighted by Crippen LogP contribution is -2.24. The van der Waals surface area contributed by atoms with E-state index in [1.165, 1.54) is 0 Å². The molecule has 0 aromatic rings. The lowest BCUT2D eigenvalue weighted by Gasteiger charge is -2.13. The summed E-state index contributed by atoms with van der Waals surface area (Å²) in [5.74, 6) is -2.91. The molecule has 0 aliphatic carbocycles. The highest BCUT2D eigenvalue weighted by Gasteiger charge is 2.25. The minimum absolute atomic E-state index is 0.219. The van der Waals surface area contributed by atoms with Crippen LogP contribution in [0.1, 0.15) is 6.42 Å². The molecular formula is C7H10I2O4. The summed E-state index contributed by atoms with van der Waals surface area (Å²) in [6.07, 6.45) is 0.219. The molecule has 76 valence electrons. The van der Waals surface area contributed by atoms with Gasteiger partial charge in [0.05, 0.1) is 11.8 Å². The summed E-state index contributed by atoms with van der Waals surface area (Å²) in [4.78, 5) is 21.2. The predicted molar refractivity (Wildman–Crippen MR) is 64.6 cm³/mol. The quantitative estimate of drug-likeness (QED) is 0.514. The molecule has 0 fully saturated rings. The Balaban J connectivity index is 4.19. The molecule has 0 bridgehead atoms. The van der Waals surface area contributed by atoms with E-state index in [9.17, 15) is 9.59 Å². The standard InChI is InChI=1S/C7H10I2O4/c8-2-4(6(10)11)1-5(3-9)7(12)13/h4-5H,1-3H2,(H,10,11)(H,12,13). The summed E-state index contributed by atoms with van der Waals surface area (Å²) in [5.41, 5.74) is 0. The minimum Gasteiger partial charge on any atom is -0.481 e. The molecule has 0 aromatic heterocycles. The third kappa shape index (κ3) is 4.99. The Labute approximate surface area is 103 Å². The highest BCUT2D eigenvalue weighted by atomic mass is 127. The van der Waals surface area contributed by atoms with Crippen molar-refractivity contribution in [1.82, 2.24) is 0 Å². The van der Waals surface area contributed by atoms with Crippen LogP contribution in [0.2, 0.25) is 0 Å². The summed E-state index contributed by atoms with van der Waals surface area (Å²) in [6, 6.07) is 0. The third-order valence-corrected chi connectivity index (χ3v) is 3.77. The summed E-state index contributed by atoms with van der Waals surface area (Å²) in [5, 5.41) is 17.4. The molecule has 4 nitrogen and oxygen atoms in total. The first kappa shape index (κ1) is 13.4. The van der Waals surface area contributed by atoms with Crippen LogP contribution in [-0.2, 0) is 9.59 Å². The molecule has 2 N–H and O–H groups in total. The zero-order valence-electron chi connectivity index (χ0n) is 6.74. The van der Waals surface area contributed by atoms with Gasteiger partial charge in [-0.05, 0) is 6.42 Å². The Bertz CT molecular complexity index is 175. The number of carboxylic acid groups (broad SMARTS) is 2. The molecule has 0 saturated carbocycles. The van der Waals surface area contributed by atoms with Gasteiger partial charge in [0.1, 0.15) is 0 Å². The summed E-state index contributed by atoms with van der Waals surface area (Å²) in [7, 11) is 0. The van der Waals surface area contributed by atoms with Crippen LogP contribution in [0, 0.1) is 11.8 Å². The van der Waals surface area contributed by atoms with E-state index in [2.05, 4.69) is 0 Å². The highest BCUT2D eigenvalue weighted by Crippen LogP contribution is 2.17. The number of carboxylic acids is 2. The van der Waals surface area contributed by atoms with Gasteiger partial charge in [0, 0.05) is 8.86 Å². The fourth-order valence-corrected chi connectivity index (χ4v) is 2.28. The van der Waals surface area contributed by atoms with Gasteiger partial charge in [0.15, 0.2) is 0 Å². The van der Waals surface area contributed by atoms with Gasteiger partial charge in [-0.25, -0.2) is 0 Å². The lowest BCUT2D eigenvalue weighted by atomic mass is 9.98. The third-order valence-electron chi connectivity index (χ3n) is 1.64. The van der Waals surface area contributed by atoms with Crippen molar-refractivity contribution in [3.8, 4) is 0 Å². The zero-order chi connectivity index (χ0) is 10.4. The maximum absolute atomic E-state index is 10.6. The molecule has 0 radical (unpaired) electrons. The highest BCUT2D eigenvalue weighted by molar-refractivity contribution is 14.1. The number of aliphatic carboxylic acids is 2. The first-order valence-electron chi connectivity index (χ1n) is 3.60. The van der Waals surface area contributed by atoms with E-state index in [4.69, 9.17) is 10.2 Å². The smallest absolute Gasteiger partial charge is 0.307 e. The van der Waals surface area contributed by atoms with E-state index in [-0.39, 0.29) is 6.42 Å². The summed E-state index contributed by atoms with van der Waals surface area (Å²) >= 11 is 3.92. The molecular weight excluding hydrogens is 402 g/mol. The van der Waals surface area contributed by atoms with Crippen molar-refractivity contribution in [1.29, 1.82) is 0 Å².